The Labute approximate surface area is 263 Å². The summed E-state index contributed by atoms with van der Waals surface area (Å²) in [6.45, 7) is 11.2. The number of aromatic nitrogens is 3. The van der Waals surface area contributed by atoms with Crippen LogP contribution < -0.4 is 19.9 Å². The van der Waals surface area contributed by atoms with Gasteiger partial charge in [-0.2, -0.15) is 4.98 Å². The SMILES string of the molecule is CC#Cc1ccc2c(n1)C(C)(C)CN2c1nc(Nc2cc([N+](=O)[O-])c(N(C)CCN(C)C)cc2OC)ncc1C(=O)OC(C)C. The quantitative estimate of drug-likeness (QED) is 0.136. The van der Waals surface area contributed by atoms with Crippen molar-refractivity contribution in [1.82, 2.24) is 19.9 Å². The second kappa shape index (κ2) is 13.4. The normalized spacial score (nSPS) is 13.3. The lowest BCUT2D eigenvalue weighted by Gasteiger charge is -2.24. The fraction of sp³-hybridized carbons (Fsp3) is 0.438. The molecule has 0 atom stereocenters. The van der Waals surface area contributed by atoms with Crippen LogP contribution in [0.5, 0.6) is 5.75 Å². The number of hydrogen-bond donors (Lipinski definition) is 1. The highest BCUT2D eigenvalue weighted by molar-refractivity contribution is 5.96. The molecule has 13 nitrogen and oxygen atoms in total. The molecule has 1 aliphatic heterocycles. The van der Waals surface area contributed by atoms with Crippen molar-refractivity contribution in [3.05, 3.63) is 57.5 Å². The summed E-state index contributed by atoms with van der Waals surface area (Å²) in [4.78, 5) is 44.6. The molecule has 0 saturated heterocycles. The predicted molar refractivity (Wildman–Crippen MR) is 174 cm³/mol. The zero-order valence-corrected chi connectivity index (χ0v) is 27.3. The third-order valence-corrected chi connectivity index (χ3v) is 7.23. The fourth-order valence-electron chi connectivity index (χ4n) is 5.04. The summed E-state index contributed by atoms with van der Waals surface area (Å²) >= 11 is 0. The molecule has 1 N–H and O–H groups in total. The van der Waals surface area contributed by atoms with E-state index in [1.54, 1.807) is 33.9 Å². The molecule has 2 aromatic heterocycles. The van der Waals surface area contributed by atoms with E-state index in [1.165, 1.54) is 19.4 Å². The number of benzene rings is 1. The molecule has 0 unspecified atom stereocenters. The molecule has 1 aromatic carbocycles. The van der Waals surface area contributed by atoms with Gasteiger partial charge in [-0.05, 0) is 52.9 Å². The second-order valence-corrected chi connectivity index (χ2v) is 11.9. The van der Waals surface area contributed by atoms with Crippen LogP contribution in [0.3, 0.4) is 0 Å². The molecule has 0 aliphatic carbocycles. The number of carbonyl (C=O) groups excluding carboxylic acids is 1. The van der Waals surface area contributed by atoms with Crippen LogP contribution in [0.4, 0.5) is 34.5 Å². The molecule has 4 rings (SSSR count). The molecule has 1 aliphatic rings. The first-order valence-electron chi connectivity index (χ1n) is 14.5. The van der Waals surface area contributed by atoms with Crippen LogP contribution in [0.15, 0.2) is 30.5 Å². The van der Waals surface area contributed by atoms with Crippen LogP contribution in [-0.2, 0) is 10.2 Å². The molecule has 45 heavy (non-hydrogen) atoms. The van der Waals surface area contributed by atoms with Gasteiger partial charge in [0.25, 0.3) is 5.69 Å². The number of nitrogens with one attached hydrogen (secondary N) is 1. The maximum atomic E-state index is 13.2. The zero-order chi connectivity index (χ0) is 33.1. The molecule has 3 aromatic rings. The number of nitro benzene ring substituents is 1. The number of rotatable bonds is 11. The molecule has 13 heteroatoms. The third-order valence-electron chi connectivity index (χ3n) is 7.23. The van der Waals surface area contributed by atoms with E-state index in [9.17, 15) is 14.9 Å². The molecule has 3 heterocycles. The standard InChI is InChI=1S/C32H40N8O5/c1-10-11-21-12-13-24-28(34-21)32(4,5)19-39(24)29-22(30(41)45-20(2)3)18-33-31(36-29)35-23-16-26(40(42)43)25(17-27(23)44-9)38(8)15-14-37(6)7/h12-13,16-18,20H,14-15,19H2,1-9H3,(H,33,35,36). The lowest BCUT2D eigenvalue weighted by atomic mass is 9.91. The monoisotopic (exact) mass is 616 g/mol. The Balaban J connectivity index is 1.81. The first-order valence-corrected chi connectivity index (χ1v) is 14.5. The van der Waals surface area contributed by atoms with Gasteiger partial charge in [-0.15, -0.1) is 0 Å². The lowest BCUT2D eigenvalue weighted by molar-refractivity contribution is -0.384. The van der Waals surface area contributed by atoms with E-state index < -0.39 is 16.3 Å². The number of methoxy groups -OCH3 is 1. The van der Waals surface area contributed by atoms with Crippen LogP contribution >= 0.6 is 0 Å². The van der Waals surface area contributed by atoms with E-state index in [0.717, 1.165) is 11.4 Å². The van der Waals surface area contributed by atoms with E-state index in [-0.39, 0.29) is 23.3 Å². The van der Waals surface area contributed by atoms with Gasteiger partial charge in [-0.1, -0.05) is 19.8 Å². The maximum Gasteiger partial charge on any atom is 0.343 e. The van der Waals surface area contributed by atoms with E-state index in [4.69, 9.17) is 19.4 Å². The summed E-state index contributed by atoms with van der Waals surface area (Å²) in [6.07, 6.45) is 1.04. The maximum absolute atomic E-state index is 13.2. The van der Waals surface area contributed by atoms with E-state index in [0.29, 0.717) is 48.3 Å². The van der Waals surface area contributed by atoms with Crippen molar-refractivity contribution in [3.8, 4) is 17.6 Å². The number of nitrogens with zero attached hydrogens (tertiary/aromatic N) is 7. The van der Waals surface area contributed by atoms with Gasteiger partial charge in [-0.25, -0.2) is 14.8 Å². The highest BCUT2D eigenvalue weighted by Crippen LogP contribution is 2.44. The largest absolute Gasteiger partial charge is 0.494 e. The minimum Gasteiger partial charge on any atom is -0.494 e. The van der Waals surface area contributed by atoms with Crippen molar-refractivity contribution in [1.29, 1.82) is 0 Å². The highest BCUT2D eigenvalue weighted by atomic mass is 16.6. The van der Waals surface area contributed by atoms with Gasteiger partial charge in [-0.3, -0.25) is 10.1 Å². The smallest absolute Gasteiger partial charge is 0.343 e. The fourth-order valence-corrected chi connectivity index (χ4v) is 5.04. The van der Waals surface area contributed by atoms with Gasteiger partial charge in [0, 0.05) is 50.4 Å². The Morgan fingerprint density at radius 3 is 2.56 bits per heavy atom. The van der Waals surface area contributed by atoms with Crippen LogP contribution in [-0.4, -0.2) is 84.7 Å². The molecule has 0 bridgehead atoms. The van der Waals surface area contributed by atoms with Crippen molar-refractivity contribution >= 4 is 40.5 Å². The predicted octanol–water partition coefficient (Wildman–Crippen LogP) is 4.90. The topological polar surface area (TPSA) is 139 Å². The Hall–Kier alpha value is -4.96. The minimum atomic E-state index is -0.572. The van der Waals surface area contributed by atoms with Crippen molar-refractivity contribution in [3.63, 3.8) is 0 Å². The van der Waals surface area contributed by atoms with Crippen LogP contribution in [0.25, 0.3) is 0 Å². The van der Waals surface area contributed by atoms with Gasteiger partial charge in [0.1, 0.15) is 22.7 Å². The third kappa shape index (κ3) is 7.24. The number of anilines is 5. The summed E-state index contributed by atoms with van der Waals surface area (Å²) in [6, 6.07) is 6.77. The summed E-state index contributed by atoms with van der Waals surface area (Å²) in [7, 11) is 7.16. The van der Waals surface area contributed by atoms with Crippen LogP contribution in [0, 0.1) is 22.0 Å². The summed E-state index contributed by atoms with van der Waals surface area (Å²) < 4.78 is 11.2. The molecular formula is C32H40N8O5. The van der Waals surface area contributed by atoms with Gasteiger partial charge in [0.05, 0.1) is 35.2 Å². The first kappa shape index (κ1) is 32.9. The number of nitro groups is 1. The number of ether oxygens (including phenoxy) is 2. The van der Waals surface area contributed by atoms with Gasteiger partial charge in [0.15, 0.2) is 5.82 Å². The zero-order valence-electron chi connectivity index (χ0n) is 27.3. The molecule has 0 radical (unpaired) electrons. The number of carbonyl (C=O) groups is 1. The first-order chi connectivity index (χ1) is 21.2. The number of pyridine rings is 1. The average Bonchev–Trinajstić information content (AvgIpc) is 3.25. The number of hydrogen-bond acceptors (Lipinski definition) is 12. The van der Waals surface area contributed by atoms with Gasteiger partial charge >= 0.3 is 5.97 Å². The Morgan fingerprint density at radius 1 is 1.20 bits per heavy atom. The molecule has 0 spiro atoms. The molecular weight excluding hydrogens is 576 g/mol. The van der Waals surface area contributed by atoms with Crippen molar-refractivity contribution in [2.45, 2.75) is 46.1 Å². The van der Waals surface area contributed by atoms with Gasteiger partial charge in [0.2, 0.25) is 5.95 Å². The lowest BCUT2D eigenvalue weighted by Crippen LogP contribution is -2.29. The molecule has 238 valence electrons. The minimum absolute atomic E-state index is 0.107. The van der Waals surface area contributed by atoms with Crippen LogP contribution in [0.2, 0.25) is 0 Å². The summed E-state index contributed by atoms with van der Waals surface area (Å²) in [5.74, 6) is 6.11. The van der Waals surface area contributed by atoms with Gasteiger partial charge < -0.3 is 29.5 Å². The van der Waals surface area contributed by atoms with E-state index in [2.05, 4.69) is 36.0 Å². The van der Waals surface area contributed by atoms with E-state index in [1.807, 2.05) is 40.9 Å². The number of esters is 1. The van der Waals surface area contributed by atoms with Crippen molar-refractivity contribution < 1.29 is 19.2 Å². The average molecular weight is 617 g/mol. The number of fused-ring (bicyclic) bond motifs is 1. The molecule has 0 fully saturated rings. The second-order valence-electron chi connectivity index (χ2n) is 11.9. The van der Waals surface area contributed by atoms with Crippen molar-refractivity contribution in [2.75, 3.05) is 63.0 Å². The summed E-state index contributed by atoms with van der Waals surface area (Å²) in [5.41, 5.74) is 2.64. The highest BCUT2D eigenvalue weighted by Gasteiger charge is 2.40. The van der Waals surface area contributed by atoms with Crippen molar-refractivity contribution in [2.24, 2.45) is 0 Å². The van der Waals surface area contributed by atoms with E-state index >= 15 is 0 Å². The molecule has 0 saturated carbocycles. The number of likely N-dealkylation sites (N-methyl/N-ethyl adjacent to an activating group) is 2. The Kier molecular flexibility index (Phi) is 9.78. The Morgan fingerprint density at radius 2 is 1.93 bits per heavy atom. The molecule has 0 amide bonds. The Bertz CT molecular complexity index is 1660. The summed E-state index contributed by atoms with van der Waals surface area (Å²) in [5, 5.41) is 15.2. The van der Waals surface area contributed by atoms with Crippen LogP contribution in [0.1, 0.15) is 56.4 Å².